The summed E-state index contributed by atoms with van der Waals surface area (Å²) in [5.41, 5.74) is 0. The number of ether oxygens (including phenoxy) is 1. The van der Waals surface area contributed by atoms with Gasteiger partial charge < -0.3 is 19.9 Å². The van der Waals surface area contributed by atoms with Crippen LogP contribution in [0.1, 0.15) is 64.3 Å². The van der Waals surface area contributed by atoms with Gasteiger partial charge in [0.05, 0.1) is 6.54 Å². The highest BCUT2D eigenvalue weighted by molar-refractivity contribution is 5.79. The van der Waals surface area contributed by atoms with Gasteiger partial charge in [0.15, 0.2) is 11.8 Å². The van der Waals surface area contributed by atoms with Gasteiger partial charge in [0.2, 0.25) is 5.89 Å². The fourth-order valence-electron chi connectivity index (χ4n) is 2.94. The first-order valence-corrected chi connectivity index (χ1v) is 8.53. The summed E-state index contributed by atoms with van der Waals surface area (Å²) in [7, 11) is 1.78. The molecule has 0 saturated heterocycles. The van der Waals surface area contributed by atoms with Crippen molar-refractivity contribution in [1.29, 1.82) is 0 Å². The Balaban J connectivity index is 1.81. The molecule has 2 N–H and O–H groups in total. The molecule has 1 fully saturated rings. The molecular formula is C16H29N5O2. The monoisotopic (exact) mass is 323 g/mol. The van der Waals surface area contributed by atoms with Crippen LogP contribution < -0.4 is 10.6 Å². The number of rotatable bonds is 6. The van der Waals surface area contributed by atoms with Crippen molar-refractivity contribution in [3.63, 3.8) is 0 Å². The molecule has 1 heterocycles. The summed E-state index contributed by atoms with van der Waals surface area (Å²) < 4.78 is 10.7. The van der Waals surface area contributed by atoms with E-state index in [1.807, 2.05) is 13.8 Å². The van der Waals surface area contributed by atoms with Crippen molar-refractivity contribution < 1.29 is 9.26 Å². The van der Waals surface area contributed by atoms with Crippen LogP contribution in [0.3, 0.4) is 0 Å². The van der Waals surface area contributed by atoms with Crippen LogP contribution >= 0.6 is 0 Å². The summed E-state index contributed by atoms with van der Waals surface area (Å²) in [5.74, 6) is 2.67. The van der Waals surface area contributed by atoms with Gasteiger partial charge in [0, 0.05) is 19.7 Å². The van der Waals surface area contributed by atoms with Gasteiger partial charge in [-0.1, -0.05) is 24.9 Å². The van der Waals surface area contributed by atoms with E-state index >= 15 is 0 Å². The van der Waals surface area contributed by atoms with Gasteiger partial charge >= 0.3 is 0 Å². The molecule has 0 amide bonds. The van der Waals surface area contributed by atoms with Crippen LogP contribution in [0.15, 0.2) is 9.52 Å². The van der Waals surface area contributed by atoms with Crippen molar-refractivity contribution in [3.8, 4) is 0 Å². The van der Waals surface area contributed by atoms with E-state index in [-0.39, 0.29) is 6.10 Å². The minimum Gasteiger partial charge on any atom is -0.371 e. The van der Waals surface area contributed by atoms with Crippen LogP contribution in [0, 0.1) is 5.92 Å². The summed E-state index contributed by atoms with van der Waals surface area (Å²) in [6, 6.07) is 0.487. The van der Waals surface area contributed by atoms with Crippen molar-refractivity contribution in [3.05, 3.63) is 11.7 Å². The first-order valence-electron chi connectivity index (χ1n) is 8.53. The molecule has 3 unspecified atom stereocenters. The minimum atomic E-state index is -0.154. The third-order valence-corrected chi connectivity index (χ3v) is 4.17. The number of nitrogens with one attached hydrogen (secondary N) is 2. The fraction of sp³-hybridized carbons (Fsp3) is 0.812. The molecule has 3 atom stereocenters. The molecule has 7 heteroatoms. The average molecular weight is 323 g/mol. The first kappa shape index (κ1) is 17.7. The van der Waals surface area contributed by atoms with Gasteiger partial charge in [-0.05, 0) is 32.6 Å². The lowest BCUT2D eigenvalue weighted by Crippen LogP contribution is -2.44. The summed E-state index contributed by atoms with van der Waals surface area (Å²) >= 11 is 0. The van der Waals surface area contributed by atoms with Crippen LogP contribution in [0.2, 0.25) is 0 Å². The van der Waals surface area contributed by atoms with Gasteiger partial charge in [-0.2, -0.15) is 4.98 Å². The van der Waals surface area contributed by atoms with Gasteiger partial charge in [-0.15, -0.1) is 0 Å². The number of nitrogens with zero attached hydrogens (tertiary/aromatic N) is 3. The van der Waals surface area contributed by atoms with E-state index in [4.69, 9.17) is 9.26 Å². The van der Waals surface area contributed by atoms with Gasteiger partial charge in [0.25, 0.3) is 0 Å². The molecule has 1 aliphatic carbocycles. The Morgan fingerprint density at radius 1 is 1.48 bits per heavy atom. The molecule has 2 rings (SSSR count). The lowest BCUT2D eigenvalue weighted by atomic mass is 9.87. The molecule has 0 aliphatic heterocycles. The maximum Gasteiger partial charge on any atom is 0.246 e. The first-order chi connectivity index (χ1) is 11.1. The summed E-state index contributed by atoms with van der Waals surface area (Å²) in [5, 5.41) is 10.7. The van der Waals surface area contributed by atoms with Crippen molar-refractivity contribution in [2.24, 2.45) is 10.9 Å². The Hall–Kier alpha value is -1.63. The standard InChI is InChI=1S/C16H29N5O2/c1-5-22-12(3)15-20-14(23-21-15)10-18-16(17-4)19-13-8-6-7-11(2)9-13/h11-13H,5-10H2,1-4H3,(H2,17,18,19). The molecule has 1 aliphatic rings. The van der Waals surface area contributed by atoms with Crippen LogP contribution in [0.25, 0.3) is 0 Å². The van der Waals surface area contributed by atoms with Crippen molar-refractivity contribution in [2.45, 2.75) is 65.1 Å². The lowest BCUT2D eigenvalue weighted by Gasteiger charge is -2.28. The third kappa shape index (κ3) is 5.49. The maximum atomic E-state index is 5.46. The molecule has 0 aromatic carbocycles. The SMILES string of the molecule is CCOC(C)c1noc(CNC(=NC)NC2CCCC(C)C2)n1. The number of hydrogen-bond acceptors (Lipinski definition) is 5. The Morgan fingerprint density at radius 3 is 3.00 bits per heavy atom. The van der Waals surface area contributed by atoms with Crippen molar-refractivity contribution in [2.75, 3.05) is 13.7 Å². The topological polar surface area (TPSA) is 84.6 Å². The molecular weight excluding hydrogens is 294 g/mol. The highest BCUT2D eigenvalue weighted by Gasteiger charge is 2.20. The third-order valence-electron chi connectivity index (χ3n) is 4.17. The normalized spacial score (nSPS) is 23.6. The highest BCUT2D eigenvalue weighted by atomic mass is 16.5. The number of aromatic nitrogens is 2. The van der Waals surface area contributed by atoms with E-state index in [2.05, 4.69) is 32.7 Å². The van der Waals surface area contributed by atoms with E-state index in [1.54, 1.807) is 7.05 Å². The van der Waals surface area contributed by atoms with E-state index in [9.17, 15) is 0 Å². The summed E-state index contributed by atoms with van der Waals surface area (Å²) in [4.78, 5) is 8.62. The summed E-state index contributed by atoms with van der Waals surface area (Å²) in [6.45, 7) is 7.24. The Bertz CT molecular complexity index is 502. The maximum absolute atomic E-state index is 5.46. The van der Waals surface area contributed by atoms with Crippen LogP contribution in [-0.2, 0) is 11.3 Å². The molecule has 23 heavy (non-hydrogen) atoms. The zero-order valence-electron chi connectivity index (χ0n) is 14.6. The average Bonchev–Trinajstić information content (AvgIpc) is 3.01. The summed E-state index contributed by atoms with van der Waals surface area (Å²) in [6.07, 6.45) is 4.84. The van der Waals surface area contributed by atoms with E-state index in [0.717, 1.165) is 11.9 Å². The lowest BCUT2D eigenvalue weighted by molar-refractivity contribution is 0.0683. The van der Waals surface area contributed by atoms with E-state index in [0.29, 0.717) is 30.9 Å². The number of aliphatic imine (C=N–C) groups is 1. The predicted octanol–water partition coefficient (Wildman–Crippen LogP) is 2.41. The van der Waals surface area contributed by atoms with E-state index < -0.39 is 0 Å². The molecule has 1 saturated carbocycles. The number of hydrogen-bond donors (Lipinski definition) is 2. The Kier molecular flexibility index (Phi) is 6.83. The second-order valence-electron chi connectivity index (χ2n) is 6.18. The Labute approximate surface area is 138 Å². The second kappa shape index (κ2) is 8.86. The Morgan fingerprint density at radius 2 is 2.30 bits per heavy atom. The highest BCUT2D eigenvalue weighted by Crippen LogP contribution is 2.23. The zero-order valence-corrected chi connectivity index (χ0v) is 14.6. The second-order valence-corrected chi connectivity index (χ2v) is 6.18. The smallest absolute Gasteiger partial charge is 0.246 e. The fourth-order valence-corrected chi connectivity index (χ4v) is 2.94. The van der Waals surface area contributed by atoms with Crippen LogP contribution in [0.4, 0.5) is 0 Å². The number of guanidine groups is 1. The molecule has 130 valence electrons. The van der Waals surface area contributed by atoms with Crippen molar-refractivity contribution in [1.82, 2.24) is 20.8 Å². The van der Waals surface area contributed by atoms with Crippen molar-refractivity contribution >= 4 is 5.96 Å². The predicted molar refractivity (Wildman–Crippen MR) is 89.1 cm³/mol. The minimum absolute atomic E-state index is 0.154. The van der Waals surface area contributed by atoms with Crippen LogP contribution in [0.5, 0.6) is 0 Å². The van der Waals surface area contributed by atoms with Gasteiger partial charge in [-0.3, -0.25) is 4.99 Å². The van der Waals surface area contributed by atoms with E-state index in [1.165, 1.54) is 25.7 Å². The molecule has 1 aromatic rings. The quantitative estimate of drug-likeness (QED) is 0.618. The van der Waals surface area contributed by atoms with Gasteiger partial charge in [0.1, 0.15) is 6.10 Å². The molecule has 7 nitrogen and oxygen atoms in total. The van der Waals surface area contributed by atoms with Crippen LogP contribution in [-0.4, -0.2) is 35.8 Å². The molecule has 0 spiro atoms. The van der Waals surface area contributed by atoms with Gasteiger partial charge in [-0.25, -0.2) is 0 Å². The molecule has 1 aromatic heterocycles. The zero-order chi connectivity index (χ0) is 16.7. The molecule has 0 bridgehead atoms. The largest absolute Gasteiger partial charge is 0.371 e. The molecule has 0 radical (unpaired) electrons.